The van der Waals surface area contributed by atoms with Crippen LogP contribution in [0.25, 0.3) is 0 Å². The second kappa shape index (κ2) is 7.76. The van der Waals surface area contributed by atoms with Crippen LogP contribution in [0.2, 0.25) is 0 Å². The summed E-state index contributed by atoms with van der Waals surface area (Å²) < 4.78 is 11.1. The molecule has 0 atom stereocenters. The Morgan fingerprint density at radius 3 is 2.60 bits per heavy atom. The molecule has 0 spiro atoms. The lowest BCUT2D eigenvalue weighted by atomic mass is 10.1. The molecule has 0 saturated carbocycles. The number of hydrogen-bond acceptors (Lipinski definition) is 5. The van der Waals surface area contributed by atoms with Gasteiger partial charge in [0.05, 0.1) is 30.0 Å². The normalized spacial score (nSPS) is 14.7. The highest BCUT2D eigenvalue weighted by Gasteiger charge is 2.16. The van der Waals surface area contributed by atoms with Crippen LogP contribution in [0.4, 0.5) is 5.69 Å². The number of primary amides is 1. The molecule has 1 aromatic heterocycles. The number of rotatable bonds is 5. The second-order valence-corrected chi connectivity index (χ2v) is 5.68. The van der Waals surface area contributed by atoms with Gasteiger partial charge in [-0.15, -0.1) is 0 Å². The minimum Gasteiger partial charge on any atom is -0.474 e. The Bertz CT molecular complexity index is 755. The van der Waals surface area contributed by atoms with Gasteiger partial charge in [-0.05, 0) is 18.2 Å². The zero-order valence-corrected chi connectivity index (χ0v) is 13.6. The lowest BCUT2D eigenvalue weighted by Crippen LogP contribution is -2.26. The van der Waals surface area contributed by atoms with Crippen molar-refractivity contribution in [1.82, 2.24) is 4.98 Å². The van der Waals surface area contributed by atoms with Crippen molar-refractivity contribution in [1.29, 1.82) is 0 Å². The molecule has 2 amide bonds. The molecule has 7 heteroatoms. The summed E-state index contributed by atoms with van der Waals surface area (Å²) in [4.78, 5) is 27.9. The third kappa shape index (κ3) is 4.33. The number of aromatic nitrogens is 1. The van der Waals surface area contributed by atoms with E-state index < -0.39 is 5.91 Å². The van der Waals surface area contributed by atoms with Gasteiger partial charge >= 0.3 is 0 Å². The first kappa shape index (κ1) is 16.9. The fraction of sp³-hybridized carbons (Fsp3) is 0.278. The molecule has 25 heavy (non-hydrogen) atoms. The van der Waals surface area contributed by atoms with Crippen LogP contribution in [0, 0.1) is 0 Å². The van der Waals surface area contributed by atoms with Crippen molar-refractivity contribution in [3.05, 3.63) is 53.7 Å². The number of pyridine rings is 1. The Morgan fingerprint density at radius 1 is 1.16 bits per heavy atom. The van der Waals surface area contributed by atoms with Crippen molar-refractivity contribution >= 4 is 17.5 Å². The largest absolute Gasteiger partial charge is 0.474 e. The van der Waals surface area contributed by atoms with Gasteiger partial charge in [0.1, 0.15) is 6.10 Å². The van der Waals surface area contributed by atoms with Crippen LogP contribution in [-0.2, 0) is 4.74 Å². The fourth-order valence-corrected chi connectivity index (χ4v) is 2.55. The van der Waals surface area contributed by atoms with Crippen molar-refractivity contribution in [3.63, 3.8) is 0 Å². The summed E-state index contributed by atoms with van der Waals surface area (Å²) in [5.74, 6) is -0.506. The molecule has 1 fully saturated rings. The molecule has 1 saturated heterocycles. The van der Waals surface area contributed by atoms with E-state index >= 15 is 0 Å². The highest BCUT2D eigenvalue weighted by atomic mass is 16.5. The summed E-state index contributed by atoms with van der Waals surface area (Å²) in [6.07, 6.45) is 3.18. The molecule has 2 heterocycles. The molecule has 130 valence electrons. The van der Waals surface area contributed by atoms with Crippen LogP contribution in [0.15, 0.2) is 42.6 Å². The Balaban J connectivity index is 1.66. The maximum absolute atomic E-state index is 12.3. The predicted octanol–water partition coefficient (Wildman–Crippen LogP) is 1.99. The fourth-order valence-electron chi connectivity index (χ4n) is 2.55. The van der Waals surface area contributed by atoms with E-state index in [1.807, 2.05) is 0 Å². The smallest absolute Gasteiger partial charge is 0.257 e. The molecule has 7 nitrogen and oxygen atoms in total. The van der Waals surface area contributed by atoms with Gasteiger partial charge in [0.25, 0.3) is 11.8 Å². The van der Waals surface area contributed by atoms with Gasteiger partial charge in [-0.1, -0.05) is 12.1 Å². The molecule has 2 aromatic rings. The zero-order chi connectivity index (χ0) is 17.6. The second-order valence-electron chi connectivity index (χ2n) is 5.68. The summed E-state index contributed by atoms with van der Waals surface area (Å²) in [5, 5.41) is 2.67. The van der Waals surface area contributed by atoms with Gasteiger partial charge in [0, 0.05) is 25.1 Å². The molecule has 1 aliphatic rings. The molecular formula is C18H19N3O4. The van der Waals surface area contributed by atoms with Crippen LogP contribution >= 0.6 is 0 Å². The highest BCUT2D eigenvalue weighted by molar-refractivity contribution is 6.08. The van der Waals surface area contributed by atoms with E-state index in [9.17, 15) is 9.59 Å². The first-order valence-corrected chi connectivity index (χ1v) is 8.04. The van der Waals surface area contributed by atoms with E-state index in [4.69, 9.17) is 15.2 Å². The third-order valence-corrected chi connectivity index (χ3v) is 3.89. The maximum Gasteiger partial charge on any atom is 0.257 e. The SMILES string of the molecule is NC(=O)c1ccccc1NC(=O)c1ccc(OC2CCOCC2)nc1. The molecular weight excluding hydrogens is 322 g/mol. The standard InChI is InChI=1S/C18H19N3O4/c19-17(22)14-3-1-2-4-15(14)21-18(23)12-5-6-16(20-11-12)25-13-7-9-24-10-8-13/h1-6,11,13H,7-10H2,(H2,19,22)(H,21,23). The quantitative estimate of drug-likeness (QED) is 0.865. The van der Waals surface area contributed by atoms with Crippen LogP contribution < -0.4 is 15.8 Å². The monoisotopic (exact) mass is 341 g/mol. The first-order chi connectivity index (χ1) is 12.1. The predicted molar refractivity (Wildman–Crippen MR) is 91.6 cm³/mol. The van der Waals surface area contributed by atoms with Gasteiger partial charge < -0.3 is 20.5 Å². The molecule has 0 unspecified atom stereocenters. The summed E-state index contributed by atoms with van der Waals surface area (Å²) in [6, 6.07) is 9.86. The average molecular weight is 341 g/mol. The van der Waals surface area contributed by atoms with Gasteiger partial charge in [-0.3, -0.25) is 9.59 Å². The van der Waals surface area contributed by atoms with Crippen molar-refractivity contribution in [2.24, 2.45) is 5.73 Å². The summed E-state index contributed by atoms with van der Waals surface area (Å²) >= 11 is 0. The molecule has 0 bridgehead atoms. The van der Waals surface area contributed by atoms with Crippen LogP contribution in [-0.4, -0.2) is 36.1 Å². The Morgan fingerprint density at radius 2 is 1.92 bits per heavy atom. The molecule has 3 N–H and O–H groups in total. The molecule has 0 aliphatic carbocycles. The number of amides is 2. The maximum atomic E-state index is 12.3. The molecule has 3 rings (SSSR count). The van der Waals surface area contributed by atoms with Gasteiger partial charge in [-0.2, -0.15) is 0 Å². The number of nitrogens with one attached hydrogen (secondary N) is 1. The summed E-state index contributed by atoms with van der Waals surface area (Å²) in [6.45, 7) is 1.37. The Hall–Kier alpha value is -2.93. The number of ether oxygens (including phenoxy) is 2. The average Bonchev–Trinajstić information content (AvgIpc) is 2.63. The number of para-hydroxylation sites is 1. The van der Waals surface area contributed by atoms with Crippen molar-refractivity contribution in [2.45, 2.75) is 18.9 Å². The third-order valence-electron chi connectivity index (χ3n) is 3.89. The zero-order valence-electron chi connectivity index (χ0n) is 13.6. The van der Waals surface area contributed by atoms with E-state index in [1.54, 1.807) is 36.4 Å². The number of carbonyl (C=O) groups is 2. The minimum atomic E-state index is -0.603. The number of anilines is 1. The molecule has 1 aromatic carbocycles. The highest BCUT2D eigenvalue weighted by Crippen LogP contribution is 2.18. The number of hydrogen-bond donors (Lipinski definition) is 2. The van der Waals surface area contributed by atoms with Crippen molar-refractivity contribution in [3.8, 4) is 5.88 Å². The van der Waals surface area contributed by atoms with E-state index in [-0.39, 0.29) is 17.6 Å². The lowest BCUT2D eigenvalue weighted by molar-refractivity contribution is 0.0237. The number of benzene rings is 1. The van der Waals surface area contributed by atoms with Crippen molar-refractivity contribution < 1.29 is 19.1 Å². The van der Waals surface area contributed by atoms with Crippen LogP contribution in [0.3, 0.4) is 0 Å². The number of carbonyl (C=O) groups excluding carboxylic acids is 2. The summed E-state index contributed by atoms with van der Waals surface area (Å²) in [5.41, 5.74) is 6.29. The minimum absolute atomic E-state index is 0.0865. The first-order valence-electron chi connectivity index (χ1n) is 8.04. The van der Waals surface area contributed by atoms with Gasteiger partial charge in [0.15, 0.2) is 0 Å². The lowest BCUT2D eigenvalue weighted by Gasteiger charge is -2.22. The van der Waals surface area contributed by atoms with E-state index in [0.717, 1.165) is 12.8 Å². The number of nitrogens with zero attached hydrogens (tertiary/aromatic N) is 1. The number of nitrogens with two attached hydrogens (primary N) is 1. The van der Waals surface area contributed by atoms with Crippen molar-refractivity contribution in [2.75, 3.05) is 18.5 Å². The summed E-state index contributed by atoms with van der Waals surface area (Å²) in [7, 11) is 0. The van der Waals surface area contributed by atoms with Crippen LogP contribution in [0.5, 0.6) is 5.88 Å². The van der Waals surface area contributed by atoms with E-state index in [0.29, 0.717) is 30.3 Å². The topological polar surface area (TPSA) is 104 Å². The van der Waals surface area contributed by atoms with Gasteiger partial charge in [-0.25, -0.2) is 4.98 Å². The van der Waals surface area contributed by atoms with E-state index in [2.05, 4.69) is 10.3 Å². The van der Waals surface area contributed by atoms with Crippen LogP contribution in [0.1, 0.15) is 33.6 Å². The molecule has 0 radical (unpaired) electrons. The Labute approximate surface area is 145 Å². The Kier molecular flexibility index (Phi) is 5.25. The molecule has 1 aliphatic heterocycles. The van der Waals surface area contributed by atoms with Gasteiger partial charge in [0.2, 0.25) is 5.88 Å². The van der Waals surface area contributed by atoms with E-state index in [1.165, 1.54) is 6.20 Å².